The summed E-state index contributed by atoms with van der Waals surface area (Å²) in [5.74, 6) is 0. The third-order valence-electron chi connectivity index (χ3n) is 1.11. The van der Waals surface area contributed by atoms with Crippen molar-refractivity contribution >= 4 is 0 Å². The van der Waals surface area contributed by atoms with Gasteiger partial charge in [-0.15, -0.1) is 0 Å². The fraction of sp³-hybridized carbons (Fsp3) is 1.00. The van der Waals surface area contributed by atoms with Crippen molar-refractivity contribution < 1.29 is 0 Å². The van der Waals surface area contributed by atoms with Crippen LogP contribution >= 0.6 is 0 Å². The van der Waals surface area contributed by atoms with E-state index in [0.29, 0.717) is 0 Å². The van der Waals surface area contributed by atoms with Crippen LogP contribution in [0, 0.1) is 0 Å². The molecule has 1 aliphatic rings. The number of hydrogen-bond acceptors (Lipinski definition) is 2. The Hall–Kier alpha value is -0.400. The molecule has 2 nitrogen and oxygen atoms in total. The summed E-state index contributed by atoms with van der Waals surface area (Å²) in [6.45, 7) is 4.10. The first-order valence-electron chi connectivity index (χ1n) is 2.21. The molecule has 0 fully saturated rings. The number of hydrogen-bond donors (Lipinski definition) is 0. The lowest BCUT2D eigenvalue weighted by atomic mass is 10.2. The fourth-order valence-electron chi connectivity index (χ4n) is 0.227. The Bertz CT molecular complexity index is 79.5. The highest BCUT2D eigenvalue weighted by molar-refractivity contribution is 4.85. The van der Waals surface area contributed by atoms with Gasteiger partial charge in [-0.05, 0) is 13.3 Å². The van der Waals surface area contributed by atoms with E-state index in [9.17, 15) is 0 Å². The van der Waals surface area contributed by atoms with Crippen LogP contribution in [0.4, 0.5) is 0 Å². The van der Waals surface area contributed by atoms with Crippen molar-refractivity contribution in [2.75, 3.05) is 0 Å². The molecule has 0 unspecified atom stereocenters. The van der Waals surface area contributed by atoms with E-state index in [-0.39, 0.29) is 5.66 Å². The minimum atomic E-state index is 0.0417. The molecule has 1 aliphatic heterocycles. The Morgan fingerprint density at radius 1 is 1.50 bits per heavy atom. The Morgan fingerprint density at radius 2 is 2.00 bits per heavy atom. The maximum absolute atomic E-state index is 3.78. The molecular formula is C4H8N2. The standard InChI is InChI=1S/C4H8N2/c1-3-4(2)5-6-4/h3H2,1-2H3. The van der Waals surface area contributed by atoms with Crippen molar-refractivity contribution in [1.29, 1.82) is 0 Å². The van der Waals surface area contributed by atoms with Gasteiger partial charge in [-0.1, -0.05) is 6.92 Å². The highest BCUT2D eigenvalue weighted by Gasteiger charge is 2.30. The molecule has 34 valence electrons. The van der Waals surface area contributed by atoms with E-state index in [1.54, 1.807) is 0 Å². The van der Waals surface area contributed by atoms with E-state index in [1.165, 1.54) is 0 Å². The molecule has 0 aromatic heterocycles. The van der Waals surface area contributed by atoms with Gasteiger partial charge in [0.1, 0.15) is 0 Å². The summed E-state index contributed by atoms with van der Waals surface area (Å²) >= 11 is 0. The minimum absolute atomic E-state index is 0.0417. The molecule has 1 heterocycles. The monoisotopic (exact) mass is 84.1 g/mol. The van der Waals surface area contributed by atoms with Crippen LogP contribution in [0.3, 0.4) is 0 Å². The van der Waals surface area contributed by atoms with E-state index in [4.69, 9.17) is 0 Å². The summed E-state index contributed by atoms with van der Waals surface area (Å²) in [5.41, 5.74) is 0.0417. The van der Waals surface area contributed by atoms with E-state index in [2.05, 4.69) is 17.2 Å². The predicted octanol–water partition coefficient (Wildman–Crippen LogP) is 1.58. The third kappa shape index (κ3) is 0.421. The van der Waals surface area contributed by atoms with Crippen molar-refractivity contribution in [3.63, 3.8) is 0 Å². The van der Waals surface area contributed by atoms with Gasteiger partial charge >= 0.3 is 0 Å². The molecule has 0 aromatic carbocycles. The first-order chi connectivity index (χ1) is 2.77. The fourth-order valence-corrected chi connectivity index (χ4v) is 0.227. The van der Waals surface area contributed by atoms with Crippen molar-refractivity contribution in [3.8, 4) is 0 Å². The van der Waals surface area contributed by atoms with Gasteiger partial charge in [-0.3, -0.25) is 0 Å². The normalized spacial score (nSPS) is 24.3. The first-order valence-corrected chi connectivity index (χ1v) is 2.21. The SMILES string of the molecule is CCC1(C)N=N1. The second kappa shape index (κ2) is 0.806. The summed E-state index contributed by atoms with van der Waals surface area (Å²) in [7, 11) is 0. The Morgan fingerprint density at radius 3 is 2.00 bits per heavy atom. The van der Waals surface area contributed by atoms with Crippen LogP contribution in [0.5, 0.6) is 0 Å². The highest BCUT2D eigenvalue weighted by atomic mass is 15.4. The highest BCUT2D eigenvalue weighted by Crippen LogP contribution is 2.29. The summed E-state index contributed by atoms with van der Waals surface area (Å²) in [5, 5.41) is 7.56. The van der Waals surface area contributed by atoms with Crippen LogP contribution in [-0.2, 0) is 0 Å². The zero-order valence-corrected chi connectivity index (χ0v) is 4.10. The van der Waals surface area contributed by atoms with Gasteiger partial charge in [0.05, 0.1) is 0 Å². The minimum Gasteiger partial charge on any atom is -0.159 e. The molecule has 0 spiro atoms. The quantitative estimate of drug-likeness (QED) is 0.460. The van der Waals surface area contributed by atoms with Crippen LogP contribution < -0.4 is 0 Å². The van der Waals surface area contributed by atoms with Gasteiger partial charge in [0.2, 0.25) is 0 Å². The molecule has 0 bridgehead atoms. The molecule has 6 heavy (non-hydrogen) atoms. The van der Waals surface area contributed by atoms with Gasteiger partial charge in [0.25, 0.3) is 0 Å². The van der Waals surface area contributed by atoms with Crippen molar-refractivity contribution in [2.24, 2.45) is 10.2 Å². The van der Waals surface area contributed by atoms with Gasteiger partial charge in [0.15, 0.2) is 5.66 Å². The Balaban J connectivity index is 2.32. The molecule has 0 atom stereocenters. The Kier molecular flexibility index (Phi) is 0.508. The first kappa shape index (κ1) is 3.78. The summed E-state index contributed by atoms with van der Waals surface area (Å²) in [4.78, 5) is 0. The van der Waals surface area contributed by atoms with E-state index >= 15 is 0 Å². The average Bonchev–Trinajstić information content (AvgIpc) is 2.22. The lowest BCUT2D eigenvalue weighted by Gasteiger charge is -1.90. The van der Waals surface area contributed by atoms with E-state index < -0.39 is 0 Å². The molecule has 0 amide bonds. The summed E-state index contributed by atoms with van der Waals surface area (Å²) < 4.78 is 0. The van der Waals surface area contributed by atoms with Gasteiger partial charge < -0.3 is 0 Å². The largest absolute Gasteiger partial charge is 0.187 e. The van der Waals surface area contributed by atoms with Crippen molar-refractivity contribution in [1.82, 2.24) is 0 Å². The Labute approximate surface area is 37.3 Å². The topological polar surface area (TPSA) is 24.7 Å². The van der Waals surface area contributed by atoms with Crippen molar-refractivity contribution in [3.05, 3.63) is 0 Å². The van der Waals surface area contributed by atoms with Crippen LogP contribution in [0.2, 0.25) is 0 Å². The van der Waals surface area contributed by atoms with E-state index in [0.717, 1.165) is 6.42 Å². The maximum atomic E-state index is 3.78. The smallest absolute Gasteiger partial charge is 0.159 e. The number of nitrogens with zero attached hydrogens (tertiary/aromatic N) is 2. The zero-order chi connectivity index (χ0) is 4.62. The molecule has 1 rings (SSSR count). The maximum Gasteiger partial charge on any atom is 0.187 e. The average molecular weight is 84.1 g/mol. The second-order valence-electron chi connectivity index (χ2n) is 1.77. The van der Waals surface area contributed by atoms with E-state index in [1.807, 2.05) is 6.92 Å². The lowest BCUT2D eigenvalue weighted by molar-refractivity contribution is 0.641. The summed E-state index contributed by atoms with van der Waals surface area (Å²) in [6.07, 6.45) is 1.05. The molecule has 0 aliphatic carbocycles. The molecule has 0 saturated carbocycles. The van der Waals surface area contributed by atoms with Crippen LogP contribution in [0.25, 0.3) is 0 Å². The molecular weight excluding hydrogens is 76.1 g/mol. The van der Waals surface area contributed by atoms with Crippen molar-refractivity contribution in [2.45, 2.75) is 25.9 Å². The molecule has 0 saturated heterocycles. The molecule has 0 N–H and O–H groups in total. The second-order valence-corrected chi connectivity index (χ2v) is 1.77. The molecule has 0 aromatic rings. The number of rotatable bonds is 1. The van der Waals surface area contributed by atoms with Crippen LogP contribution in [-0.4, -0.2) is 5.66 Å². The third-order valence-corrected chi connectivity index (χ3v) is 1.11. The van der Waals surface area contributed by atoms with Gasteiger partial charge in [-0.25, -0.2) is 0 Å². The van der Waals surface area contributed by atoms with Crippen LogP contribution in [0.1, 0.15) is 20.3 Å². The van der Waals surface area contributed by atoms with Gasteiger partial charge in [0, 0.05) is 0 Å². The summed E-state index contributed by atoms with van der Waals surface area (Å²) in [6, 6.07) is 0. The van der Waals surface area contributed by atoms with Crippen LogP contribution in [0.15, 0.2) is 10.2 Å². The van der Waals surface area contributed by atoms with Gasteiger partial charge in [-0.2, -0.15) is 10.2 Å². The zero-order valence-electron chi connectivity index (χ0n) is 4.10. The molecule has 0 radical (unpaired) electrons. The molecule has 2 heteroatoms. The lowest BCUT2D eigenvalue weighted by Crippen LogP contribution is -1.98. The predicted molar refractivity (Wildman–Crippen MR) is 23.6 cm³/mol.